The summed E-state index contributed by atoms with van der Waals surface area (Å²) in [6.07, 6.45) is -3.47. The fourth-order valence-electron chi connectivity index (χ4n) is 3.92. The van der Waals surface area contributed by atoms with Crippen LogP contribution in [0.4, 0.5) is 27.6 Å². The highest BCUT2D eigenvalue weighted by molar-refractivity contribution is 6.76. The van der Waals surface area contributed by atoms with Crippen LogP contribution in [0.3, 0.4) is 0 Å². The quantitative estimate of drug-likeness (QED) is 0.109. The normalized spacial score (nSPS) is 15.6. The predicted molar refractivity (Wildman–Crippen MR) is 127 cm³/mol. The number of ether oxygens (including phenoxy) is 2. The monoisotopic (exact) mass is 533 g/mol. The summed E-state index contributed by atoms with van der Waals surface area (Å²) < 4.78 is 83.9. The van der Waals surface area contributed by atoms with E-state index in [0.717, 1.165) is 24.2 Å². The standard InChI is InChI=1S/C23H25ClF5N3O2Si/c1-35(2,3)7-6-33-12-32-11-14(22(4-5-22)23(27,28)29)19-17(10-18(24)31-21(19)32)34-20-15(25)8-13(30)9-16(20)26/h8-11H,4-7,12,30H2,1-3H3. The second kappa shape index (κ2) is 8.93. The fraction of sp³-hybridized carbons (Fsp3) is 0.435. The lowest BCUT2D eigenvalue weighted by Gasteiger charge is -2.19. The number of hydrogen-bond acceptors (Lipinski definition) is 4. The minimum Gasteiger partial charge on any atom is -0.450 e. The number of halogens is 6. The average Bonchev–Trinajstić information content (AvgIpc) is 3.45. The number of alkyl halides is 3. The van der Waals surface area contributed by atoms with E-state index in [9.17, 15) is 22.0 Å². The molecule has 35 heavy (non-hydrogen) atoms. The van der Waals surface area contributed by atoms with E-state index in [0.29, 0.717) is 6.61 Å². The lowest BCUT2D eigenvalue weighted by Crippen LogP contribution is -2.28. The smallest absolute Gasteiger partial charge is 0.398 e. The van der Waals surface area contributed by atoms with Crippen LogP contribution < -0.4 is 10.5 Å². The summed E-state index contributed by atoms with van der Waals surface area (Å²) in [4.78, 5) is 4.21. The first-order chi connectivity index (χ1) is 16.2. The molecular weight excluding hydrogens is 509 g/mol. The molecule has 4 rings (SSSR count). The van der Waals surface area contributed by atoms with E-state index in [-0.39, 0.29) is 52.8 Å². The van der Waals surface area contributed by atoms with Gasteiger partial charge < -0.3 is 19.8 Å². The van der Waals surface area contributed by atoms with Gasteiger partial charge in [-0.3, -0.25) is 0 Å². The molecule has 3 aromatic rings. The van der Waals surface area contributed by atoms with E-state index < -0.39 is 37.0 Å². The Kier molecular flexibility index (Phi) is 6.56. The highest BCUT2D eigenvalue weighted by Gasteiger charge is 2.65. The number of hydrogen-bond donors (Lipinski definition) is 1. The molecule has 2 N–H and O–H groups in total. The summed E-state index contributed by atoms with van der Waals surface area (Å²) >= 11 is 6.15. The molecule has 0 amide bonds. The number of rotatable bonds is 8. The van der Waals surface area contributed by atoms with E-state index in [4.69, 9.17) is 26.8 Å². The van der Waals surface area contributed by atoms with Crippen LogP contribution in [-0.2, 0) is 16.9 Å². The summed E-state index contributed by atoms with van der Waals surface area (Å²) in [5.74, 6) is -3.24. The average molecular weight is 534 g/mol. The van der Waals surface area contributed by atoms with Gasteiger partial charge in [0, 0.05) is 44.8 Å². The lowest BCUT2D eigenvalue weighted by atomic mass is 9.95. The van der Waals surface area contributed by atoms with E-state index in [1.54, 1.807) is 0 Å². The Labute approximate surface area is 205 Å². The van der Waals surface area contributed by atoms with Crippen LogP contribution in [0.2, 0.25) is 30.8 Å². The van der Waals surface area contributed by atoms with Gasteiger partial charge in [0.25, 0.3) is 0 Å². The Morgan fingerprint density at radius 2 is 1.77 bits per heavy atom. The van der Waals surface area contributed by atoms with Gasteiger partial charge >= 0.3 is 6.18 Å². The lowest BCUT2D eigenvalue weighted by molar-refractivity contribution is -0.160. The van der Waals surface area contributed by atoms with Gasteiger partial charge in [-0.2, -0.15) is 13.2 Å². The molecule has 1 aromatic carbocycles. The van der Waals surface area contributed by atoms with Crippen molar-refractivity contribution in [3.63, 3.8) is 0 Å². The molecule has 0 aliphatic heterocycles. The zero-order valence-corrected chi connectivity index (χ0v) is 21.2. The van der Waals surface area contributed by atoms with E-state index in [2.05, 4.69) is 24.6 Å². The van der Waals surface area contributed by atoms with Crippen LogP contribution in [0.5, 0.6) is 11.5 Å². The number of fused-ring (bicyclic) bond motifs is 1. The van der Waals surface area contributed by atoms with Crippen molar-refractivity contribution in [2.24, 2.45) is 0 Å². The molecule has 5 nitrogen and oxygen atoms in total. The van der Waals surface area contributed by atoms with Gasteiger partial charge in [0.15, 0.2) is 17.4 Å². The molecule has 0 unspecified atom stereocenters. The zero-order chi connectivity index (χ0) is 25.8. The Hall–Kier alpha value is -2.37. The third-order valence-electron chi connectivity index (χ3n) is 6.03. The van der Waals surface area contributed by atoms with Crippen LogP contribution >= 0.6 is 11.6 Å². The molecule has 12 heteroatoms. The van der Waals surface area contributed by atoms with Gasteiger partial charge in [-0.1, -0.05) is 31.2 Å². The van der Waals surface area contributed by atoms with Crippen LogP contribution in [0, 0.1) is 11.6 Å². The SMILES string of the molecule is C[Si](C)(C)CCOCn1cc(C2(C(F)(F)F)CC2)c2c(Oc3c(F)cc(N)cc3F)cc(Cl)nc21. The molecule has 0 bridgehead atoms. The van der Waals surface area contributed by atoms with Crippen LogP contribution in [0.15, 0.2) is 24.4 Å². The molecule has 1 aliphatic carbocycles. The summed E-state index contributed by atoms with van der Waals surface area (Å²) in [5.41, 5.74) is 3.16. The number of pyridine rings is 1. The molecule has 0 spiro atoms. The highest BCUT2D eigenvalue weighted by atomic mass is 35.5. The minimum absolute atomic E-state index is 0.0198. The van der Waals surface area contributed by atoms with Crippen molar-refractivity contribution in [1.29, 1.82) is 0 Å². The number of aromatic nitrogens is 2. The summed E-state index contributed by atoms with van der Waals surface area (Å²) in [6, 6.07) is 3.72. The van der Waals surface area contributed by atoms with Crippen molar-refractivity contribution in [3.05, 3.63) is 46.7 Å². The Balaban J connectivity index is 1.83. The van der Waals surface area contributed by atoms with E-state index >= 15 is 0 Å². The molecule has 1 saturated carbocycles. The number of nitrogens with two attached hydrogens (primary N) is 1. The second-order valence-electron chi connectivity index (χ2n) is 10.00. The number of nitrogen functional groups attached to an aromatic ring is 1. The summed E-state index contributed by atoms with van der Waals surface area (Å²) in [5, 5.41) is -0.137. The molecule has 0 radical (unpaired) electrons. The first-order valence-electron chi connectivity index (χ1n) is 11.0. The van der Waals surface area contributed by atoms with Crippen molar-refractivity contribution in [2.75, 3.05) is 12.3 Å². The summed E-state index contributed by atoms with van der Waals surface area (Å²) in [7, 11) is -1.38. The third kappa shape index (κ3) is 5.12. The maximum absolute atomic E-state index is 14.4. The van der Waals surface area contributed by atoms with Crippen molar-refractivity contribution in [1.82, 2.24) is 9.55 Å². The molecule has 2 aromatic heterocycles. The molecule has 190 valence electrons. The van der Waals surface area contributed by atoms with E-state index in [1.165, 1.54) is 10.8 Å². The number of anilines is 1. The van der Waals surface area contributed by atoms with Crippen molar-refractivity contribution >= 4 is 36.4 Å². The number of benzene rings is 1. The Morgan fingerprint density at radius 3 is 2.31 bits per heavy atom. The maximum atomic E-state index is 14.4. The molecule has 1 fully saturated rings. The van der Waals surface area contributed by atoms with Crippen LogP contribution in [0.25, 0.3) is 11.0 Å². The van der Waals surface area contributed by atoms with Crippen LogP contribution in [0.1, 0.15) is 18.4 Å². The van der Waals surface area contributed by atoms with Crippen LogP contribution in [-0.4, -0.2) is 30.4 Å². The van der Waals surface area contributed by atoms with Gasteiger partial charge in [-0.15, -0.1) is 0 Å². The van der Waals surface area contributed by atoms with Crippen molar-refractivity contribution in [2.45, 2.75) is 56.8 Å². The Bertz CT molecular complexity index is 1250. The fourth-order valence-corrected chi connectivity index (χ4v) is 4.86. The molecular formula is C23H25ClF5N3O2Si. The first-order valence-corrected chi connectivity index (χ1v) is 15.1. The van der Waals surface area contributed by atoms with Gasteiger partial charge in [-0.05, 0) is 24.4 Å². The van der Waals surface area contributed by atoms with E-state index in [1.807, 2.05) is 0 Å². The highest BCUT2D eigenvalue weighted by Crippen LogP contribution is 2.61. The second-order valence-corrected chi connectivity index (χ2v) is 16.0. The molecule has 1 aliphatic rings. The largest absolute Gasteiger partial charge is 0.450 e. The first kappa shape index (κ1) is 25.7. The number of nitrogens with zero attached hydrogens (tertiary/aromatic N) is 2. The van der Waals surface area contributed by atoms with Gasteiger partial charge in [0.05, 0.1) is 10.8 Å². The molecule has 0 atom stereocenters. The van der Waals surface area contributed by atoms with Crippen molar-refractivity contribution < 1.29 is 31.4 Å². The summed E-state index contributed by atoms with van der Waals surface area (Å²) in [6.45, 7) is 6.91. The van der Waals surface area contributed by atoms with Gasteiger partial charge in [-0.25, -0.2) is 13.8 Å². The van der Waals surface area contributed by atoms with Crippen molar-refractivity contribution in [3.8, 4) is 11.5 Å². The zero-order valence-electron chi connectivity index (χ0n) is 19.4. The Morgan fingerprint density at radius 1 is 1.14 bits per heavy atom. The topological polar surface area (TPSA) is 62.3 Å². The predicted octanol–water partition coefficient (Wildman–Crippen LogP) is 7.25. The minimum atomic E-state index is -4.54. The third-order valence-corrected chi connectivity index (χ3v) is 7.92. The van der Waals surface area contributed by atoms with Gasteiger partial charge in [0.2, 0.25) is 0 Å². The maximum Gasteiger partial charge on any atom is 0.398 e. The molecule has 0 saturated heterocycles. The molecule has 2 heterocycles. The van der Waals surface area contributed by atoms with Gasteiger partial charge in [0.1, 0.15) is 23.3 Å².